The van der Waals surface area contributed by atoms with Gasteiger partial charge < -0.3 is 0 Å². The van der Waals surface area contributed by atoms with E-state index in [1.807, 2.05) is 12.1 Å². The molecule has 1 aromatic carbocycles. The molecule has 0 bridgehead atoms. The Balaban J connectivity index is 2.19. The summed E-state index contributed by atoms with van der Waals surface area (Å²) >= 11 is 0. The highest BCUT2D eigenvalue weighted by molar-refractivity contribution is 7.92. The third kappa shape index (κ3) is 4.27. The van der Waals surface area contributed by atoms with Gasteiger partial charge in [0.15, 0.2) is 0 Å². The van der Waals surface area contributed by atoms with E-state index in [0.29, 0.717) is 0 Å². The predicted molar refractivity (Wildman–Crippen MR) is 87.4 cm³/mol. The lowest BCUT2D eigenvalue weighted by Gasteiger charge is -2.08. The zero-order chi connectivity index (χ0) is 16.2. The van der Waals surface area contributed by atoms with Crippen LogP contribution in [0.25, 0.3) is 0 Å². The lowest BCUT2D eigenvalue weighted by atomic mass is 10.1. The van der Waals surface area contributed by atoms with E-state index >= 15 is 0 Å². The van der Waals surface area contributed by atoms with Crippen molar-refractivity contribution in [1.29, 1.82) is 0 Å². The van der Waals surface area contributed by atoms with Crippen molar-refractivity contribution < 1.29 is 8.42 Å². The van der Waals surface area contributed by atoms with Crippen molar-refractivity contribution in [2.45, 2.75) is 44.9 Å². The first-order chi connectivity index (χ1) is 10.4. The lowest BCUT2D eigenvalue weighted by molar-refractivity contribution is 0.600. The molecule has 0 radical (unpaired) electrons. The Labute approximate surface area is 131 Å². The minimum absolute atomic E-state index is 0.104. The van der Waals surface area contributed by atoms with E-state index in [1.165, 1.54) is 0 Å². The topological polar surface area (TPSA) is 72.0 Å². The fourth-order valence-corrected chi connectivity index (χ4v) is 3.11. The molecule has 0 spiro atoms. The molecule has 118 valence electrons. The number of rotatable bonds is 6. The van der Waals surface area contributed by atoms with Crippen LogP contribution >= 0.6 is 0 Å². The van der Waals surface area contributed by atoms with Crippen LogP contribution in [-0.2, 0) is 16.4 Å². The lowest BCUT2D eigenvalue weighted by Crippen LogP contribution is -2.15. The first-order valence-corrected chi connectivity index (χ1v) is 8.83. The summed E-state index contributed by atoms with van der Waals surface area (Å²) in [4.78, 5) is 8.42. The van der Waals surface area contributed by atoms with Crippen LogP contribution in [0.1, 0.15) is 36.7 Å². The van der Waals surface area contributed by atoms with Crippen LogP contribution in [0.3, 0.4) is 0 Å². The predicted octanol–water partition coefficient (Wildman–Crippen LogP) is 3.24. The van der Waals surface area contributed by atoms with Gasteiger partial charge in [-0.2, -0.15) is 0 Å². The van der Waals surface area contributed by atoms with E-state index in [0.717, 1.165) is 36.2 Å². The highest BCUT2D eigenvalue weighted by atomic mass is 32.2. The van der Waals surface area contributed by atoms with Gasteiger partial charge in [-0.05, 0) is 50.5 Å². The summed E-state index contributed by atoms with van der Waals surface area (Å²) in [5, 5.41) is 0. The third-order valence-electron chi connectivity index (χ3n) is 3.26. The van der Waals surface area contributed by atoms with Gasteiger partial charge in [0.05, 0.1) is 4.90 Å². The molecule has 0 saturated heterocycles. The highest BCUT2D eigenvalue weighted by Crippen LogP contribution is 2.16. The molecule has 0 aliphatic heterocycles. The molecule has 0 saturated carbocycles. The highest BCUT2D eigenvalue weighted by Gasteiger charge is 2.15. The van der Waals surface area contributed by atoms with Crippen LogP contribution in [0.2, 0.25) is 0 Å². The molecule has 2 rings (SSSR count). The summed E-state index contributed by atoms with van der Waals surface area (Å²) < 4.78 is 27.1. The molecule has 1 heterocycles. The van der Waals surface area contributed by atoms with Crippen LogP contribution in [0.5, 0.6) is 0 Å². The third-order valence-corrected chi connectivity index (χ3v) is 4.60. The molecule has 6 heteroatoms. The van der Waals surface area contributed by atoms with Gasteiger partial charge in [0.25, 0.3) is 10.0 Å². The SMILES string of the molecule is CCCCc1ccc(S(=O)(=O)Nc2nc(C)cc(C)n2)cc1. The molecule has 0 amide bonds. The van der Waals surface area contributed by atoms with Gasteiger partial charge in [-0.3, -0.25) is 0 Å². The van der Waals surface area contributed by atoms with Gasteiger partial charge in [0, 0.05) is 11.4 Å². The van der Waals surface area contributed by atoms with Crippen molar-refractivity contribution in [2.24, 2.45) is 0 Å². The fourth-order valence-electron chi connectivity index (χ4n) is 2.17. The van der Waals surface area contributed by atoms with Crippen LogP contribution < -0.4 is 4.72 Å². The Bertz CT molecular complexity index is 720. The van der Waals surface area contributed by atoms with Crippen molar-refractivity contribution in [1.82, 2.24) is 9.97 Å². The molecule has 22 heavy (non-hydrogen) atoms. The van der Waals surface area contributed by atoms with Crippen LogP contribution in [0.4, 0.5) is 5.95 Å². The van der Waals surface area contributed by atoms with Gasteiger partial charge in [-0.1, -0.05) is 25.5 Å². The van der Waals surface area contributed by atoms with Crippen molar-refractivity contribution in [3.8, 4) is 0 Å². The van der Waals surface area contributed by atoms with Crippen molar-refractivity contribution in [2.75, 3.05) is 4.72 Å². The van der Waals surface area contributed by atoms with Gasteiger partial charge in [-0.25, -0.2) is 23.1 Å². The Morgan fingerprint density at radius 3 is 2.18 bits per heavy atom. The molecule has 2 aromatic rings. The van der Waals surface area contributed by atoms with Gasteiger partial charge in [-0.15, -0.1) is 0 Å². The molecule has 1 N–H and O–H groups in total. The Morgan fingerprint density at radius 2 is 1.64 bits per heavy atom. The normalized spacial score (nSPS) is 11.4. The standard InChI is InChI=1S/C16H21N3O2S/c1-4-5-6-14-7-9-15(10-8-14)22(20,21)19-16-17-12(2)11-13(3)18-16/h7-11H,4-6H2,1-3H3,(H,17,18,19). The fraction of sp³-hybridized carbons (Fsp3) is 0.375. The Kier molecular flexibility index (Phi) is 5.13. The van der Waals surface area contributed by atoms with Crippen molar-refractivity contribution in [3.63, 3.8) is 0 Å². The first-order valence-electron chi connectivity index (χ1n) is 7.35. The second kappa shape index (κ2) is 6.87. The summed E-state index contributed by atoms with van der Waals surface area (Å²) in [6, 6.07) is 8.74. The second-order valence-electron chi connectivity index (χ2n) is 5.33. The van der Waals surface area contributed by atoms with Crippen LogP contribution in [0, 0.1) is 13.8 Å². The van der Waals surface area contributed by atoms with E-state index in [1.54, 1.807) is 32.0 Å². The average molecular weight is 319 g/mol. The number of unbranched alkanes of at least 4 members (excludes halogenated alkanes) is 1. The summed E-state index contributed by atoms with van der Waals surface area (Å²) in [7, 11) is -3.66. The number of nitrogens with one attached hydrogen (secondary N) is 1. The number of aryl methyl sites for hydroxylation is 3. The zero-order valence-electron chi connectivity index (χ0n) is 13.1. The van der Waals surface area contributed by atoms with E-state index in [2.05, 4.69) is 21.6 Å². The van der Waals surface area contributed by atoms with Gasteiger partial charge in [0.2, 0.25) is 5.95 Å². The van der Waals surface area contributed by atoms with Crippen molar-refractivity contribution >= 4 is 16.0 Å². The quantitative estimate of drug-likeness (QED) is 0.887. The van der Waals surface area contributed by atoms with Gasteiger partial charge in [0.1, 0.15) is 0 Å². The molecule has 0 aliphatic rings. The number of sulfonamides is 1. The number of anilines is 1. The zero-order valence-corrected chi connectivity index (χ0v) is 13.9. The molecule has 5 nitrogen and oxygen atoms in total. The Hall–Kier alpha value is -1.95. The first kappa shape index (κ1) is 16.4. The molecule has 0 aliphatic carbocycles. The molecule has 0 atom stereocenters. The average Bonchev–Trinajstić information content (AvgIpc) is 2.44. The summed E-state index contributed by atoms with van der Waals surface area (Å²) in [5.74, 6) is 0.104. The number of hydrogen-bond donors (Lipinski definition) is 1. The van der Waals surface area contributed by atoms with E-state index in [9.17, 15) is 8.42 Å². The molecular weight excluding hydrogens is 298 g/mol. The van der Waals surface area contributed by atoms with Crippen LogP contribution in [-0.4, -0.2) is 18.4 Å². The largest absolute Gasteiger partial charge is 0.264 e. The van der Waals surface area contributed by atoms with Gasteiger partial charge >= 0.3 is 0 Å². The number of aromatic nitrogens is 2. The maximum Gasteiger partial charge on any atom is 0.264 e. The minimum atomic E-state index is -3.66. The molecule has 0 fully saturated rings. The van der Waals surface area contributed by atoms with E-state index < -0.39 is 10.0 Å². The minimum Gasteiger partial charge on any atom is -0.247 e. The smallest absolute Gasteiger partial charge is 0.247 e. The molecule has 1 aromatic heterocycles. The second-order valence-corrected chi connectivity index (χ2v) is 7.01. The van der Waals surface area contributed by atoms with Crippen molar-refractivity contribution in [3.05, 3.63) is 47.3 Å². The summed E-state index contributed by atoms with van der Waals surface area (Å²) in [6.45, 7) is 5.73. The van der Waals surface area contributed by atoms with E-state index in [-0.39, 0.29) is 10.8 Å². The monoisotopic (exact) mass is 319 g/mol. The summed E-state index contributed by atoms with van der Waals surface area (Å²) in [5.41, 5.74) is 2.59. The molecule has 0 unspecified atom stereocenters. The Morgan fingerprint density at radius 1 is 1.05 bits per heavy atom. The van der Waals surface area contributed by atoms with E-state index in [4.69, 9.17) is 0 Å². The summed E-state index contributed by atoms with van der Waals surface area (Å²) in [6.07, 6.45) is 3.18. The number of nitrogens with zero attached hydrogens (tertiary/aromatic N) is 2. The molecular formula is C16H21N3O2S. The van der Waals surface area contributed by atoms with Crippen LogP contribution in [0.15, 0.2) is 35.2 Å². The maximum atomic E-state index is 12.4. The maximum absolute atomic E-state index is 12.4. The number of benzene rings is 1. The number of hydrogen-bond acceptors (Lipinski definition) is 4.